The van der Waals surface area contributed by atoms with Crippen molar-refractivity contribution in [2.45, 2.75) is 13.0 Å². The highest BCUT2D eigenvalue weighted by Crippen LogP contribution is 2.32. The van der Waals surface area contributed by atoms with Gasteiger partial charge in [-0.05, 0) is 43.8 Å². The van der Waals surface area contributed by atoms with E-state index in [9.17, 15) is 4.39 Å². The molecule has 0 spiro atoms. The molecule has 0 aromatic heterocycles. The summed E-state index contributed by atoms with van der Waals surface area (Å²) in [6.45, 7) is 2.02. The quantitative estimate of drug-likeness (QED) is 0.909. The Balaban J connectivity index is 2.24. The average molecular weight is 305 g/mol. The maximum Gasteiger partial charge on any atom is 0.146 e. The van der Waals surface area contributed by atoms with E-state index in [-0.39, 0.29) is 11.6 Å². The van der Waals surface area contributed by atoms with Crippen molar-refractivity contribution in [3.8, 4) is 17.6 Å². The summed E-state index contributed by atoms with van der Waals surface area (Å²) in [7, 11) is 1.86. The number of benzene rings is 2. The molecule has 2 aromatic carbocycles. The number of ether oxygens (including phenoxy) is 1. The first-order valence-electron chi connectivity index (χ1n) is 6.39. The minimum Gasteiger partial charge on any atom is -0.456 e. The Bertz CT molecular complexity index is 697. The average Bonchev–Trinajstić information content (AvgIpc) is 2.48. The van der Waals surface area contributed by atoms with E-state index in [0.29, 0.717) is 16.5 Å². The van der Waals surface area contributed by atoms with Crippen LogP contribution in [0.5, 0.6) is 11.5 Å². The van der Waals surface area contributed by atoms with Crippen LogP contribution in [0.15, 0.2) is 36.4 Å². The van der Waals surface area contributed by atoms with Gasteiger partial charge >= 0.3 is 0 Å². The molecular formula is C16H14ClFN2O. The third kappa shape index (κ3) is 3.52. The van der Waals surface area contributed by atoms with E-state index in [1.807, 2.05) is 20.0 Å². The Morgan fingerprint density at radius 2 is 2.05 bits per heavy atom. The third-order valence-electron chi connectivity index (χ3n) is 3.18. The lowest BCUT2D eigenvalue weighted by atomic mass is 10.1. The zero-order chi connectivity index (χ0) is 15.4. The van der Waals surface area contributed by atoms with Crippen molar-refractivity contribution in [3.63, 3.8) is 0 Å². The van der Waals surface area contributed by atoms with Crippen molar-refractivity contribution in [3.05, 3.63) is 58.4 Å². The zero-order valence-corrected chi connectivity index (χ0v) is 12.4. The second-order valence-electron chi connectivity index (χ2n) is 4.56. The van der Waals surface area contributed by atoms with E-state index in [1.165, 1.54) is 18.2 Å². The van der Waals surface area contributed by atoms with Crippen LogP contribution >= 0.6 is 11.6 Å². The summed E-state index contributed by atoms with van der Waals surface area (Å²) in [5, 5.41) is 12.3. The topological polar surface area (TPSA) is 45.0 Å². The largest absolute Gasteiger partial charge is 0.456 e. The summed E-state index contributed by atoms with van der Waals surface area (Å²) >= 11 is 6.18. The highest BCUT2D eigenvalue weighted by Gasteiger charge is 2.09. The van der Waals surface area contributed by atoms with Crippen molar-refractivity contribution in [1.82, 2.24) is 5.32 Å². The minimum absolute atomic E-state index is 0.0216. The van der Waals surface area contributed by atoms with Crippen LogP contribution < -0.4 is 10.1 Å². The molecule has 0 saturated carbocycles. The first-order chi connectivity index (χ1) is 10.0. The Morgan fingerprint density at radius 3 is 2.62 bits per heavy atom. The highest BCUT2D eigenvalue weighted by atomic mass is 35.5. The summed E-state index contributed by atoms with van der Waals surface area (Å²) < 4.78 is 19.1. The van der Waals surface area contributed by atoms with Gasteiger partial charge < -0.3 is 10.1 Å². The molecule has 2 rings (SSSR count). The number of hydrogen-bond acceptors (Lipinski definition) is 3. The van der Waals surface area contributed by atoms with Gasteiger partial charge in [0.15, 0.2) is 0 Å². The number of halogens is 2. The molecule has 0 bridgehead atoms. The molecule has 0 heterocycles. The van der Waals surface area contributed by atoms with Gasteiger partial charge in [-0.25, -0.2) is 4.39 Å². The van der Waals surface area contributed by atoms with Crippen LogP contribution in [0, 0.1) is 17.1 Å². The van der Waals surface area contributed by atoms with E-state index in [1.54, 1.807) is 18.2 Å². The molecule has 108 valence electrons. The first-order valence-corrected chi connectivity index (χ1v) is 6.77. The van der Waals surface area contributed by atoms with Crippen LogP contribution in [-0.4, -0.2) is 7.05 Å². The van der Waals surface area contributed by atoms with Crippen LogP contribution in [0.25, 0.3) is 0 Å². The Hall–Kier alpha value is -2.09. The van der Waals surface area contributed by atoms with Crippen molar-refractivity contribution < 1.29 is 9.13 Å². The van der Waals surface area contributed by atoms with E-state index in [2.05, 4.69) is 5.32 Å². The molecule has 0 fully saturated rings. The van der Waals surface area contributed by atoms with Crippen LogP contribution in [0.2, 0.25) is 5.02 Å². The number of nitrogens with one attached hydrogen (secondary N) is 1. The van der Waals surface area contributed by atoms with Crippen molar-refractivity contribution in [1.29, 1.82) is 5.26 Å². The minimum atomic E-state index is -0.619. The SMILES string of the molecule is CNC(C)c1ccc(Oc2ccc(C#N)c(F)c2)c(Cl)c1. The summed E-state index contributed by atoms with van der Waals surface area (Å²) in [6, 6.07) is 11.4. The molecule has 0 radical (unpaired) electrons. The van der Waals surface area contributed by atoms with E-state index in [4.69, 9.17) is 21.6 Å². The molecular weight excluding hydrogens is 291 g/mol. The number of rotatable bonds is 4. The van der Waals surface area contributed by atoms with Gasteiger partial charge in [0.2, 0.25) is 0 Å². The van der Waals surface area contributed by atoms with Gasteiger partial charge in [-0.3, -0.25) is 0 Å². The molecule has 2 aromatic rings. The first kappa shape index (κ1) is 15.3. The van der Waals surface area contributed by atoms with Crippen LogP contribution in [0.1, 0.15) is 24.1 Å². The monoisotopic (exact) mass is 304 g/mol. The highest BCUT2D eigenvalue weighted by molar-refractivity contribution is 6.32. The van der Waals surface area contributed by atoms with Crippen LogP contribution in [0.3, 0.4) is 0 Å². The van der Waals surface area contributed by atoms with E-state index < -0.39 is 5.82 Å². The Kier molecular flexibility index (Phi) is 4.79. The summed E-state index contributed by atoms with van der Waals surface area (Å²) in [4.78, 5) is 0. The standard InChI is InChI=1S/C16H14ClFN2O/c1-10(20-2)11-4-6-16(14(17)7-11)21-13-5-3-12(9-19)15(18)8-13/h3-8,10,20H,1-2H3. The number of hydrogen-bond donors (Lipinski definition) is 1. The summed E-state index contributed by atoms with van der Waals surface area (Å²) in [6.07, 6.45) is 0. The molecule has 0 aliphatic heterocycles. The Morgan fingerprint density at radius 1 is 1.29 bits per heavy atom. The second kappa shape index (κ2) is 6.57. The second-order valence-corrected chi connectivity index (χ2v) is 4.96. The fraction of sp³-hybridized carbons (Fsp3) is 0.188. The van der Waals surface area contributed by atoms with Gasteiger partial charge in [-0.2, -0.15) is 5.26 Å². The lowest BCUT2D eigenvalue weighted by Crippen LogP contribution is -2.12. The summed E-state index contributed by atoms with van der Waals surface area (Å²) in [5.74, 6) is 0.113. The third-order valence-corrected chi connectivity index (χ3v) is 3.47. The van der Waals surface area contributed by atoms with Crippen molar-refractivity contribution >= 4 is 11.6 Å². The van der Waals surface area contributed by atoms with E-state index >= 15 is 0 Å². The van der Waals surface area contributed by atoms with Gasteiger partial charge in [0, 0.05) is 12.1 Å². The van der Waals surface area contributed by atoms with Crippen molar-refractivity contribution in [2.75, 3.05) is 7.05 Å². The fourth-order valence-corrected chi connectivity index (χ4v) is 2.04. The lowest BCUT2D eigenvalue weighted by Gasteiger charge is -2.13. The van der Waals surface area contributed by atoms with Gasteiger partial charge in [0.25, 0.3) is 0 Å². The molecule has 1 N–H and O–H groups in total. The Labute approximate surface area is 127 Å². The van der Waals surface area contributed by atoms with Crippen molar-refractivity contribution in [2.24, 2.45) is 0 Å². The number of nitrogens with zero attached hydrogens (tertiary/aromatic N) is 1. The van der Waals surface area contributed by atoms with Crippen LogP contribution in [0.4, 0.5) is 4.39 Å². The summed E-state index contributed by atoms with van der Waals surface area (Å²) in [5.41, 5.74) is 1.01. The molecule has 0 saturated heterocycles. The molecule has 0 aliphatic carbocycles. The van der Waals surface area contributed by atoms with Gasteiger partial charge in [-0.15, -0.1) is 0 Å². The predicted octanol–water partition coefficient (Wildman–Crippen LogP) is 4.42. The molecule has 0 amide bonds. The predicted molar refractivity (Wildman–Crippen MR) is 80.1 cm³/mol. The van der Waals surface area contributed by atoms with Gasteiger partial charge in [0.05, 0.1) is 10.6 Å². The molecule has 3 nitrogen and oxygen atoms in total. The molecule has 21 heavy (non-hydrogen) atoms. The lowest BCUT2D eigenvalue weighted by molar-refractivity contribution is 0.476. The van der Waals surface area contributed by atoms with Gasteiger partial charge in [-0.1, -0.05) is 17.7 Å². The molecule has 1 unspecified atom stereocenters. The normalized spacial score (nSPS) is 11.8. The fourth-order valence-electron chi connectivity index (χ4n) is 1.81. The van der Waals surface area contributed by atoms with Gasteiger partial charge in [0.1, 0.15) is 23.4 Å². The molecule has 1 atom stereocenters. The number of nitriles is 1. The maximum absolute atomic E-state index is 13.5. The van der Waals surface area contributed by atoms with Crippen LogP contribution in [-0.2, 0) is 0 Å². The zero-order valence-electron chi connectivity index (χ0n) is 11.7. The smallest absolute Gasteiger partial charge is 0.146 e. The maximum atomic E-state index is 13.5. The molecule has 0 aliphatic rings. The van der Waals surface area contributed by atoms with E-state index in [0.717, 1.165) is 5.56 Å². The molecule has 5 heteroatoms.